The molecule has 0 heterocycles. The van der Waals surface area contributed by atoms with Crippen molar-refractivity contribution in [3.63, 3.8) is 0 Å². The zero-order valence-electron chi connectivity index (χ0n) is 6.66. The summed E-state index contributed by atoms with van der Waals surface area (Å²) in [7, 11) is 25.2. The van der Waals surface area contributed by atoms with Crippen molar-refractivity contribution in [3.8, 4) is 0 Å². The third kappa shape index (κ3) is 157. The summed E-state index contributed by atoms with van der Waals surface area (Å²) in [6, 6.07) is 0. The average molecular weight is 577 g/mol. The van der Waals surface area contributed by atoms with Gasteiger partial charge in [0.2, 0.25) is 0 Å². The fourth-order valence-corrected chi connectivity index (χ4v) is 0. The molecule has 0 aliphatic rings. The molecule has 14 heteroatoms. The van der Waals surface area contributed by atoms with E-state index in [1.807, 2.05) is 0 Å². The van der Waals surface area contributed by atoms with Crippen molar-refractivity contribution in [1.82, 2.24) is 0 Å². The third-order valence-electron chi connectivity index (χ3n) is 0. The van der Waals surface area contributed by atoms with Crippen LogP contribution < -0.4 is 103 Å². The summed E-state index contributed by atoms with van der Waals surface area (Å²) in [5.41, 5.74) is 0. The summed E-state index contributed by atoms with van der Waals surface area (Å²) in [4.78, 5) is 0. The molecule has 0 radical (unpaired) electrons. The van der Waals surface area contributed by atoms with Crippen LogP contribution in [0.3, 0.4) is 0 Å². The average Bonchev–Trinajstić information content (AvgIpc) is 1.04. The molecule has 0 atom stereocenters. The molecule has 0 bridgehead atoms. The van der Waals surface area contributed by atoms with Crippen molar-refractivity contribution in [3.05, 3.63) is 0 Å². The van der Waals surface area contributed by atoms with E-state index < -0.39 is 17.0 Å². The Balaban J connectivity index is -0.0000000651. The summed E-state index contributed by atoms with van der Waals surface area (Å²) in [6.07, 6.45) is 0. The SMILES string of the molecule is O=S(=O)([O-])[O-].[Cl][Os]([Cl])([Cl])([Cl])([Cl])[Cl].[K+].[K+]. The van der Waals surface area contributed by atoms with Crippen molar-refractivity contribution >= 4 is 68.2 Å². The second-order valence-corrected chi connectivity index (χ2v) is 57.0. The van der Waals surface area contributed by atoms with Crippen molar-refractivity contribution < 1.29 is 127 Å². The van der Waals surface area contributed by atoms with Crippen molar-refractivity contribution in [2.45, 2.75) is 0 Å². The topological polar surface area (TPSA) is 80.3 Å². The quantitative estimate of drug-likeness (QED) is 0.173. The molecule has 0 fully saturated rings. The fourth-order valence-electron chi connectivity index (χ4n) is 0. The maximum absolute atomic E-state index is 8.52. The summed E-state index contributed by atoms with van der Waals surface area (Å²) < 4.78 is 34.1. The molecule has 0 aliphatic heterocycles. The van der Waals surface area contributed by atoms with Crippen molar-refractivity contribution in [2.75, 3.05) is 0 Å². The Hall–Kier alpha value is 5.52. The molecule has 0 spiro atoms. The first-order chi connectivity index (χ1) is 4.45. The Kier molecular flexibility index (Phi) is 16.0. The summed E-state index contributed by atoms with van der Waals surface area (Å²) in [6.45, 7) is -5.38. The summed E-state index contributed by atoms with van der Waals surface area (Å²) >= 11 is 0. The molecule has 0 N–H and O–H groups in total. The predicted octanol–water partition coefficient (Wildman–Crippen LogP) is -3.20. The van der Waals surface area contributed by atoms with E-state index in [9.17, 15) is 0 Å². The van der Waals surface area contributed by atoms with E-state index in [1.54, 1.807) is 0 Å². The van der Waals surface area contributed by atoms with E-state index in [-0.39, 0.29) is 103 Å². The first-order valence-electron chi connectivity index (χ1n) is 1.47. The molecule has 82 valence electrons. The molecule has 4 nitrogen and oxygen atoms in total. The molecular weight excluding hydrogens is 577 g/mol. The van der Waals surface area contributed by atoms with Gasteiger partial charge in [0, 0.05) is 10.4 Å². The number of rotatable bonds is 0. The van der Waals surface area contributed by atoms with Crippen LogP contribution in [0.1, 0.15) is 0 Å². The van der Waals surface area contributed by atoms with Crippen LogP contribution in [0.15, 0.2) is 0 Å². The molecule has 0 rings (SSSR count). The molecule has 0 saturated heterocycles. The van der Waals surface area contributed by atoms with Crippen LogP contribution in [-0.2, 0) is 17.0 Å². The fraction of sp³-hybridized carbons (Fsp3) is 0. The van der Waals surface area contributed by atoms with Gasteiger partial charge in [0.15, 0.2) is 0 Å². The first-order valence-corrected chi connectivity index (χ1v) is 21.7. The standard InChI is InChI=1S/6ClH.2K.H2O4S.Os/c;;;;;;;;1-5(2,3)4;/h6*1H;;;(H2,1,2,3,4);/q;;;;;;2*+1;;+6/p-8. The van der Waals surface area contributed by atoms with Crippen molar-refractivity contribution in [2.24, 2.45) is 0 Å². The molecule has 0 aromatic heterocycles. The van der Waals surface area contributed by atoms with Crippen LogP contribution in [0, 0.1) is 0 Å². The van der Waals surface area contributed by atoms with Gasteiger partial charge in [-0.15, -0.1) is 0 Å². The largest absolute Gasteiger partial charge is 1.00 e. The Morgan fingerprint density at radius 1 is 0.786 bits per heavy atom. The maximum atomic E-state index is 8.52. The zero-order chi connectivity index (χ0) is 10.9. The van der Waals surface area contributed by atoms with Crippen LogP contribution in [0.5, 0.6) is 0 Å². The van der Waals surface area contributed by atoms with Crippen LogP contribution in [0.2, 0.25) is 0 Å². The van der Waals surface area contributed by atoms with Gasteiger partial charge < -0.3 is 9.11 Å². The minimum absolute atomic E-state index is 0. The number of halogens is 6. The number of hydrogen-bond acceptors (Lipinski definition) is 4. The van der Waals surface area contributed by atoms with Crippen LogP contribution >= 0.6 is 57.8 Å². The van der Waals surface area contributed by atoms with Gasteiger partial charge in [-0.25, -0.2) is 0 Å². The van der Waals surface area contributed by atoms with E-state index in [1.165, 1.54) is 0 Å². The summed E-state index contributed by atoms with van der Waals surface area (Å²) in [5.74, 6) is 0. The number of hydrogen-bond donors (Lipinski definition) is 0. The second-order valence-electron chi connectivity index (χ2n) is 1.17. The molecule has 0 aromatic carbocycles. The van der Waals surface area contributed by atoms with Crippen molar-refractivity contribution in [1.29, 1.82) is 0 Å². The molecular formula is Cl6K2O4OsS. The van der Waals surface area contributed by atoms with Gasteiger partial charge in [0.05, 0.1) is 0 Å². The molecule has 0 aromatic rings. The van der Waals surface area contributed by atoms with E-state index in [2.05, 4.69) is 0 Å². The van der Waals surface area contributed by atoms with Gasteiger partial charge in [0.1, 0.15) is 0 Å². The van der Waals surface area contributed by atoms with E-state index in [0.717, 1.165) is 0 Å². The normalized spacial score (nSPS) is 15.7. The van der Waals surface area contributed by atoms with Gasteiger partial charge in [0.25, 0.3) is 0 Å². The molecule has 0 aliphatic carbocycles. The van der Waals surface area contributed by atoms with Gasteiger partial charge in [-0.1, -0.05) is 0 Å². The molecule has 14 heavy (non-hydrogen) atoms. The van der Waals surface area contributed by atoms with Gasteiger partial charge in [-0.05, 0) is 0 Å². The van der Waals surface area contributed by atoms with Crippen LogP contribution in [0.25, 0.3) is 0 Å². The minimum Gasteiger partial charge on any atom is 1.00 e. The Morgan fingerprint density at radius 3 is 0.786 bits per heavy atom. The molecule has 0 saturated carbocycles. The van der Waals surface area contributed by atoms with E-state index in [0.29, 0.717) is 0 Å². The van der Waals surface area contributed by atoms with E-state index >= 15 is 0 Å². The van der Waals surface area contributed by atoms with Crippen LogP contribution in [-0.4, -0.2) is 17.5 Å². The first kappa shape index (κ1) is 27.8. The van der Waals surface area contributed by atoms with Gasteiger partial charge in [-0.2, -0.15) is 0 Å². The summed E-state index contributed by atoms with van der Waals surface area (Å²) in [5, 5.41) is 0. The second kappa shape index (κ2) is 8.08. The van der Waals surface area contributed by atoms with Crippen LogP contribution in [0.4, 0.5) is 0 Å². The zero-order valence-corrected chi connectivity index (χ0v) is 20.8. The monoisotopic (exact) mass is 576 g/mol. The minimum atomic E-state index is -5.38. The Labute approximate surface area is 189 Å². The molecule has 0 unspecified atom stereocenters. The molecule has 0 amide bonds. The Morgan fingerprint density at radius 2 is 0.786 bits per heavy atom. The maximum Gasteiger partial charge on any atom is 1.00 e. The predicted molar refractivity (Wildman–Crippen MR) is 45.6 cm³/mol. The van der Waals surface area contributed by atoms with Gasteiger partial charge in [-0.3, -0.25) is 8.42 Å². The Bertz CT molecular complexity index is 230. The smallest absolute Gasteiger partial charge is 1.00 e. The third-order valence-corrected chi connectivity index (χ3v) is 0. The van der Waals surface area contributed by atoms with Gasteiger partial charge >= 0.3 is 167 Å². The van der Waals surface area contributed by atoms with E-state index in [4.69, 9.17) is 75.3 Å².